The number of benzene rings is 1. The Morgan fingerprint density at radius 3 is 2.50 bits per heavy atom. The van der Waals surface area contributed by atoms with Crippen LogP contribution in [-0.2, 0) is 16.1 Å². The zero-order valence-corrected chi connectivity index (χ0v) is 14.7. The van der Waals surface area contributed by atoms with Gasteiger partial charge in [0.05, 0.1) is 0 Å². The van der Waals surface area contributed by atoms with Crippen LogP contribution >= 0.6 is 0 Å². The Balaban J connectivity index is 1.41. The van der Waals surface area contributed by atoms with Crippen molar-refractivity contribution in [3.8, 4) is 0 Å². The monoisotopic (exact) mass is 353 g/mol. The summed E-state index contributed by atoms with van der Waals surface area (Å²) >= 11 is 0. The number of hydrogen-bond donors (Lipinski definition) is 2. The maximum Gasteiger partial charge on any atom is 0.255 e. The lowest BCUT2D eigenvalue weighted by atomic mass is 9.80. The number of rotatable bonds is 2. The molecule has 3 heterocycles. The number of carbonyl (C=O) groups is 3. The molecule has 2 bridgehead atoms. The highest BCUT2D eigenvalue weighted by molar-refractivity contribution is 6.05. The minimum atomic E-state index is -0.536. The van der Waals surface area contributed by atoms with Crippen LogP contribution in [0, 0.1) is 11.8 Å². The summed E-state index contributed by atoms with van der Waals surface area (Å²) in [4.78, 5) is 38.0. The molecule has 3 fully saturated rings. The fourth-order valence-corrected chi connectivity index (χ4v) is 5.43. The van der Waals surface area contributed by atoms with Crippen molar-refractivity contribution in [3.05, 3.63) is 34.9 Å². The smallest absolute Gasteiger partial charge is 0.255 e. The molecule has 4 aliphatic rings. The first-order chi connectivity index (χ1) is 12.6. The van der Waals surface area contributed by atoms with Gasteiger partial charge in [0.2, 0.25) is 11.8 Å². The molecular formula is C20H23N3O3. The highest BCUT2D eigenvalue weighted by atomic mass is 16.2. The van der Waals surface area contributed by atoms with Crippen LogP contribution in [0.5, 0.6) is 0 Å². The fourth-order valence-electron chi connectivity index (χ4n) is 5.43. The minimum Gasteiger partial charge on any atom is -0.322 e. The molecule has 1 aromatic carbocycles. The molecule has 5 rings (SSSR count). The molecule has 26 heavy (non-hydrogen) atoms. The van der Waals surface area contributed by atoms with Crippen LogP contribution in [0.25, 0.3) is 0 Å². The molecule has 136 valence electrons. The van der Waals surface area contributed by atoms with Gasteiger partial charge in [-0.1, -0.05) is 12.1 Å². The first kappa shape index (κ1) is 16.0. The van der Waals surface area contributed by atoms with E-state index in [1.54, 1.807) is 4.90 Å². The van der Waals surface area contributed by atoms with Gasteiger partial charge in [-0.2, -0.15) is 0 Å². The Morgan fingerprint density at radius 2 is 1.77 bits per heavy atom. The first-order valence-corrected chi connectivity index (χ1v) is 9.60. The number of nitrogens with zero attached hydrogens (tertiary/aromatic N) is 1. The number of carbonyl (C=O) groups excluding carboxylic acids is 3. The quantitative estimate of drug-likeness (QED) is 0.782. The number of hydrogen-bond acceptors (Lipinski definition) is 4. The zero-order chi connectivity index (χ0) is 17.8. The molecule has 0 spiro atoms. The van der Waals surface area contributed by atoms with E-state index < -0.39 is 6.04 Å². The third-order valence-corrected chi connectivity index (χ3v) is 6.67. The van der Waals surface area contributed by atoms with E-state index in [0.717, 1.165) is 18.7 Å². The van der Waals surface area contributed by atoms with E-state index in [1.165, 1.54) is 18.4 Å². The highest BCUT2D eigenvalue weighted by Gasteiger charge is 2.42. The van der Waals surface area contributed by atoms with Crippen molar-refractivity contribution in [2.45, 2.75) is 44.2 Å². The van der Waals surface area contributed by atoms with Crippen LogP contribution in [-0.4, -0.2) is 41.8 Å². The van der Waals surface area contributed by atoms with Crippen molar-refractivity contribution in [3.63, 3.8) is 0 Å². The molecule has 3 amide bonds. The van der Waals surface area contributed by atoms with Gasteiger partial charge in [-0.05, 0) is 67.3 Å². The molecule has 3 atom stereocenters. The van der Waals surface area contributed by atoms with Gasteiger partial charge in [0, 0.05) is 18.5 Å². The number of nitrogens with one attached hydrogen (secondary N) is 2. The molecule has 6 heteroatoms. The van der Waals surface area contributed by atoms with Crippen molar-refractivity contribution in [2.75, 3.05) is 13.1 Å². The number of imide groups is 1. The van der Waals surface area contributed by atoms with E-state index in [2.05, 4.69) is 22.8 Å². The zero-order valence-electron chi connectivity index (χ0n) is 14.7. The second-order valence-electron chi connectivity index (χ2n) is 8.10. The maximum atomic E-state index is 12.8. The molecule has 0 aromatic heterocycles. The van der Waals surface area contributed by atoms with Crippen LogP contribution in [0.3, 0.4) is 0 Å². The largest absolute Gasteiger partial charge is 0.322 e. The summed E-state index contributed by atoms with van der Waals surface area (Å²) in [5.41, 5.74) is 3.07. The van der Waals surface area contributed by atoms with Crippen LogP contribution in [0.2, 0.25) is 0 Å². The molecule has 1 aliphatic carbocycles. The highest BCUT2D eigenvalue weighted by Crippen LogP contribution is 2.46. The Kier molecular flexibility index (Phi) is 3.64. The fraction of sp³-hybridized carbons (Fsp3) is 0.550. The lowest BCUT2D eigenvalue weighted by Gasteiger charge is -2.31. The third-order valence-electron chi connectivity index (χ3n) is 6.67. The van der Waals surface area contributed by atoms with Crippen LogP contribution in [0.4, 0.5) is 0 Å². The molecule has 2 saturated heterocycles. The summed E-state index contributed by atoms with van der Waals surface area (Å²) in [6, 6.07) is 5.72. The summed E-state index contributed by atoms with van der Waals surface area (Å²) < 4.78 is 0. The second kappa shape index (κ2) is 5.91. The SMILES string of the molecule is O=C1CCC(N2Cc3cc(C4C5CCC4CNC5)ccc3C2=O)C(=O)N1. The molecule has 3 unspecified atom stereocenters. The van der Waals surface area contributed by atoms with Gasteiger partial charge in [0.1, 0.15) is 6.04 Å². The molecule has 0 radical (unpaired) electrons. The van der Waals surface area contributed by atoms with Crippen molar-refractivity contribution < 1.29 is 14.4 Å². The molecule has 1 saturated carbocycles. The Morgan fingerprint density at radius 1 is 1.00 bits per heavy atom. The lowest BCUT2D eigenvalue weighted by molar-refractivity contribution is -0.136. The van der Waals surface area contributed by atoms with Crippen molar-refractivity contribution in [1.82, 2.24) is 15.5 Å². The number of fused-ring (bicyclic) bond motifs is 3. The van der Waals surface area contributed by atoms with Crippen molar-refractivity contribution >= 4 is 17.7 Å². The molecule has 3 aliphatic heterocycles. The molecule has 2 N–H and O–H groups in total. The minimum absolute atomic E-state index is 0.0886. The summed E-state index contributed by atoms with van der Waals surface area (Å²) in [7, 11) is 0. The predicted molar refractivity (Wildman–Crippen MR) is 94.3 cm³/mol. The maximum absolute atomic E-state index is 12.8. The topological polar surface area (TPSA) is 78.5 Å². The number of amides is 3. The summed E-state index contributed by atoms with van der Waals surface area (Å²) in [5, 5.41) is 5.89. The second-order valence-corrected chi connectivity index (χ2v) is 8.10. The Bertz CT molecular complexity index is 789. The van der Waals surface area contributed by atoms with Gasteiger partial charge in [-0.3, -0.25) is 19.7 Å². The van der Waals surface area contributed by atoms with E-state index in [-0.39, 0.29) is 17.7 Å². The van der Waals surface area contributed by atoms with E-state index in [4.69, 9.17) is 0 Å². The van der Waals surface area contributed by atoms with Crippen molar-refractivity contribution in [2.24, 2.45) is 11.8 Å². The normalized spacial score (nSPS) is 33.4. The van der Waals surface area contributed by atoms with E-state index in [9.17, 15) is 14.4 Å². The summed E-state index contributed by atoms with van der Waals surface area (Å²) in [6.45, 7) is 2.63. The van der Waals surface area contributed by atoms with Crippen LogP contribution in [0.1, 0.15) is 53.1 Å². The standard InChI is InChI=1S/C20H23N3O3/c24-17-6-5-16(19(25)22-17)23-10-14-7-11(3-4-15(14)20(23)26)18-12-1-2-13(18)9-21-8-12/h3-4,7,12-13,16,18,21H,1-2,5-6,8-10H2,(H,22,24,25). The van der Waals surface area contributed by atoms with Crippen LogP contribution < -0.4 is 10.6 Å². The van der Waals surface area contributed by atoms with Gasteiger partial charge in [-0.15, -0.1) is 0 Å². The van der Waals surface area contributed by atoms with E-state index >= 15 is 0 Å². The van der Waals surface area contributed by atoms with Crippen molar-refractivity contribution in [1.29, 1.82) is 0 Å². The van der Waals surface area contributed by atoms with E-state index in [1.807, 2.05) is 6.07 Å². The van der Waals surface area contributed by atoms with Crippen LogP contribution in [0.15, 0.2) is 18.2 Å². The molecule has 1 aromatic rings. The molecular weight excluding hydrogens is 330 g/mol. The Labute approximate surface area is 152 Å². The Hall–Kier alpha value is -2.21. The summed E-state index contributed by atoms with van der Waals surface area (Å²) in [6.07, 6.45) is 3.26. The van der Waals surface area contributed by atoms with E-state index in [0.29, 0.717) is 42.7 Å². The number of piperidine rings is 2. The van der Waals surface area contributed by atoms with Gasteiger partial charge in [-0.25, -0.2) is 0 Å². The van der Waals surface area contributed by atoms with Gasteiger partial charge in [0.25, 0.3) is 5.91 Å². The lowest BCUT2D eigenvalue weighted by Crippen LogP contribution is -2.52. The first-order valence-electron chi connectivity index (χ1n) is 9.60. The third kappa shape index (κ3) is 2.39. The summed E-state index contributed by atoms with van der Waals surface area (Å²) in [5.74, 6) is 1.28. The van der Waals surface area contributed by atoms with Gasteiger partial charge < -0.3 is 10.2 Å². The van der Waals surface area contributed by atoms with Gasteiger partial charge >= 0.3 is 0 Å². The average molecular weight is 353 g/mol. The molecule has 6 nitrogen and oxygen atoms in total. The van der Waals surface area contributed by atoms with Gasteiger partial charge in [0.15, 0.2) is 0 Å². The predicted octanol–water partition coefficient (Wildman–Crippen LogP) is 1.16. The average Bonchev–Trinajstić information content (AvgIpc) is 3.08.